The van der Waals surface area contributed by atoms with Crippen LogP contribution in [-0.2, 0) is 11.2 Å². The van der Waals surface area contributed by atoms with E-state index in [1.54, 1.807) is 0 Å². The first-order chi connectivity index (χ1) is 11.6. The molecule has 0 bridgehead atoms. The van der Waals surface area contributed by atoms with E-state index < -0.39 is 0 Å². The molecule has 1 aromatic carbocycles. The molecule has 24 heavy (non-hydrogen) atoms. The Hall–Kier alpha value is -1.94. The van der Waals surface area contributed by atoms with Crippen molar-refractivity contribution >= 4 is 16.8 Å². The van der Waals surface area contributed by atoms with Gasteiger partial charge in [-0.15, -0.1) is 0 Å². The van der Waals surface area contributed by atoms with Gasteiger partial charge in [0.05, 0.1) is 11.1 Å². The molecular weight excluding hydrogens is 300 g/mol. The van der Waals surface area contributed by atoms with Crippen LogP contribution in [0.5, 0.6) is 0 Å². The second kappa shape index (κ2) is 7.31. The number of hydrogen-bond donors (Lipinski definition) is 1. The molecule has 4 heteroatoms. The maximum absolute atomic E-state index is 12.9. The molecule has 0 spiro atoms. The molecule has 4 nitrogen and oxygen atoms in total. The fraction of sp³-hybridized carbons (Fsp3) is 0.500. The maximum atomic E-state index is 12.9. The second-order valence-corrected chi connectivity index (χ2v) is 6.81. The molecule has 0 aliphatic carbocycles. The van der Waals surface area contributed by atoms with Gasteiger partial charge in [-0.3, -0.25) is 9.78 Å². The molecular formula is C20H26N2O2. The van der Waals surface area contributed by atoms with Crippen LogP contribution in [0.4, 0.5) is 0 Å². The Morgan fingerprint density at radius 1 is 1.33 bits per heavy atom. The lowest BCUT2D eigenvalue weighted by Crippen LogP contribution is -2.39. The van der Waals surface area contributed by atoms with Gasteiger partial charge < -0.3 is 10.1 Å². The van der Waals surface area contributed by atoms with Crippen molar-refractivity contribution in [2.24, 2.45) is 0 Å². The summed E-state index contributed by atoms with van der Waals surface area (Å²) in [5.74, 6) is 0.379. The molecule has 1 amide bonds. The summed E-state index contributed by atoms with van der Waals surface area (Å²) < 4.78 is 5.37. The largest absolute Gasteiger partial charge is 0.381 e. The van der Waals surface area contributed by atoms with E-state index in [4.69, 9.17) is 4.74 Å². The fourth-order valence-corrected chi connectivity index (χ4v) is 3.32. The lowest BCUT2D eigenvalue weighted by atomic mass is 9.94. The van der Waals surface area contributed by atoms with Crippen molar-refractivity contribution in [3.8, 4) is 0 Å². The van der Waals surface area contributed by atoms with E-state index >= 15 is 0 Å². The van der Waals surface area contributed by atoms with E-state index in [0.29, 0.717) is 11.5 Å². The lowest BCUT2D eigenvalue weighted by Gasteiger charge is -2.23. The summed E-state index contributed by atoms with van der Waals surface area (Å²) in [6.07, 6.45) is 4.47. The van der Waals surface area contributed by atoms with Crippen LogP contribution in [0.15, 0.2) is 24.4 Å². The van der Waals surface area contributed by atoms with Gasteiger partial charge in [0.25, 0.3) is 5.91 Å². The molecule has 3 rings (SSSR count). The quantitative estimate of drug-likeness (QED) is 0.929. The number of carbonyl (C=O) groups excluding carboxylic acids is 1. The SMILES string of the molecule is CCc1cc(C(=O)NC2CCOCC2)c2nccc(C(C)C)c2c1. The van der Waals surface area contributed by atoms with Gasteiger partial charge in [-0.05, 0) is 54.5 Å². The molecule has 1 aromatic heterocycles. The van der Waals surface area contributed by atoms with Gasteiger partial charge in [-0.2, -0.15) is 0 Å². The predicted molar refractivity (Wildman–Crippen MR) is 96.5 cm³/mol. The summed E-state index contributed by atoms with van der Waals surface area (Å²) in [7, 11) is 0. The normalized spacial score (nSPS) is 15.8. The molecule has 0 radical (unpaired) electrons. The lowest BCUT2D eigenvalue weighted by molar-refractivity contribution is 0.0697. The topological polar surface area (TPSA) is 51.2 Å². The Bertz CT molecular complexity index is 734. The van der Waals surface area contributed by atoms with Gasteiger partial charge >= 0.3 is 0 Å². The summed E-state index contributed by atoms with van der Waals surface area (Å²) in [6.45, 7) is 7.91. The molecule has 2 heterocycles. The van der Waals surface area contributed by atoms with Crippen LogP contribution in [0.2, 0.25) is 0 Å². The Morgan fingerprint density at radius 2 is 2.08 bits per heavy atom. The number of pyridine rings is 1. The van der Waals surface area contributed by atoms with Crippen molar-refractivity contribution in [3.05, 3.63) is 41.1 Å². The number of nitrogens with one attached hydrogen (secondary N) is 1. The number of amides is 1. The van der Waals surface area contributed by atoms with Gasteiger partial charge in [0.2, 0.25) is 0 Å². The minimum Gasteiger partial charge on any atom is -0.381 e. The number of hydrogen-bond acceptors (Lipinski definition) is 3. The van der Waals surface area contributed by atoms with Gasteiger partial charge in [0.1, 0.15) is 0 Å². The van der Waals surface area contributed by atoms with Crippen molar-refractivity contribution in [2.45, 2.75) is 52.0 Å². The highest BCUT2D eigenvalue weighted by molar-refractivity contribution is 6.06. The fourth-order valence-electron chi connectivity index (χ4n) is 3.32. The number of ether oxygens (including phenoxy) is 1. The van der Waals surface area contributed by atoms with Crippen LogP contribution in [0.25, 0.3) is 10.9 Å². The number of rotatable bonds is 4. The van der Waals surface area contributed by atoms with Crippen molar-refractivity contribution in [1.29, 1.82) is 0 Å². The third-order valence-corrected chi connectivity index (χ3v) is 4.77. The molecule has 1 fully saturated rings. The minimum atomic E-state index is -0.0180. The van der Waals surface area contributed by atoms with E-state index in [9.17, 15) is 4.79 Å². The summed E-state index contributed by atoms with van der Waals surface area (Å²) in [4.78, 5) is 17.4. The number of benzene rings is 1. The van der Waals surface area contributed by atoms with Gasteiger partial charge in [0.15, 0.2) is 0 Å². The third kappa shape index (κ3) is 3.44. The number of aromatic nitrogens is 1. The highest BCUT2D eigenvalue weighted by Crippen LogP contribution is 2.28. The summed E-state index contributed by atoms with van der Waals surface area (Å²) in [5, 5.41) is 4.27. The summed E-state index contributed by atoms with van der Waals surface area (Å²) in [6, 6.07) is 6.43. The number of nitrogens with zero attached hydrogens (tertiary/aromatic N) is 1. The molecule has 1 saturated heterocycles. The summed E-state index contributed by atoms with van der Waals surface area (Å²) >= 11 is 0. The first kappa shape index (κ1) is 16.9. The number of fused-ring (bicyclic) bond motifs is 1. The van der Waals surface area contributed by atoms with Crippen LogP contribution in [0, 0.1) is 0 Å². The van der Waals surface area contributed by atoms with Crippen molar-refractivity contribution in [2.75, 3.05) is 13.2 Å². The molecule has 0 saturated carbocycles. The molecule has 0 atom stereocenters. The van der Waals surface area contributed by atoms with Crippen LogP contribution < -0.4 is 5.32 Å². The smallest absolute Gasteiger partial charge is 0.253 e. The average molecular weight is 326 g/mol. The van der Waals surface area contributed by atoms with E-state index in [1.807, 2.05) is 12.3 Å². The minimum absolute atomic E-state index is 0.0180. The molecule has 2 aromatic rings. The third-order valence-electron chi connectivity index (χ3n) is 4.77. The molecule has 0 unspecified atom stereocenters. The number of aryl methyl sites for hydroxylation is 1. The highest BCUT2D eigenvalue weighted by Gasteiger charge is 2.20. The molecule has 128 valence electrons. The molecule has 1 N–H and O–H groups in total. The maximum Gasteiger partial charge on any atom is 0.253 e. The van der Waals surface area contributed by atoms with Crippen LogP contribution in [-0.4, -0.2) is 30.1 Å². The van der Waals surface area contributed by atoms with Crippen LogP contribution >= 0.6 is 0 Å². The van der Waals surface area contributed by atoms with Gasteiger partial charge in [-0.1, -0.05) is 20.8 Å². The highest BCUT2D eigenvalue weighted by atomic mass is 16.5. The van der Waals surface area contributed by atoms with Crippen LogP contribution in [0.3, 0.4) is 0 Å². The molecule has 1 aliphatic heterocycles. The van der Waals surface area contributed by atoms with Gasteiger partial charge in [-0.25, -0.2) is 0 Å². The van der Waals surface area contributed by atoms with Crippen molar-refractivity contribution in [3.63, 3.8) is 0 Å². The zero-order valence-corrected chi connectivity index (χ0v) is 14.8. The van der Waals surface area contributed by atoms with Gasteiger partial charge in [0, 0.05) is 30.8 Å². The number of carbonyl (C=O) groups is 1. The Labute approximate surface area is 143 Å². The van der Waals surface area contributed by atoms with Crippen LogP contribution in [0.1, 0.15) is 61.0 Å². The average Bonchev–Trinajstić information content (AvgIpc) is 2.60. The van der Waals surface area contributed by atoms with Crippen molar-refractivity contribution < 1.29 is 9.53 Å². The monoisotopic (exact) mass is 326 g/mol. The predicted octanol–water partition coefficient (Wildman–Crippen LogP) is 3.83. The first-order valence-electron chi connectivity index (χ1n) is 8.90. The summed E-state index contributed by atoms with van der Waals surface area (Å²) in [5.41, 5.74) is 3.92. The first-order valence-corrected chi connectivity index (χ1v) is 8.90. The zero-order chi connectivity index (χ0) is 17.1. The van der Waals surface area contributed by atoms with E-state index in [-0.39, 0.29) is 11.9 Å². The standard InChI is InChI=1S/C20H26N2O2/c1-4-14-11-17-16(13(2)3)5-8-21-19(17)18(12-14)20(23)22-15-6-9-24-10-7-15/h5,8,11-13,15H,4,6-7,9-10H2,1-3H3,(H,22,23). The zero-order valence-electron chi connectivity index (χ0n) is 14.8. The Kier molecular flexibility index (Phi) is 5.14. The van der Waals surface area contributed by atoms with E-state index in [0.717, 1.165) is 43.4 Å². The van der Waals surface area contributed by atoms with E-state index in [1.165, 1.54) is 11.1 Å². The Balaban J connectivity index is 2.02. The molecule has 1 aliphatic rings. The van der Waals surface area contributed by atoms with Crippen molar-refractivity contribution in [1.82, 2.24) is 10.3 Å². The second-order valence-electron chi connectivity index (χ2n) is 6.81. The Morgan fingerprint density at radius 3 is 2.75 bits per heavy atom. The van der Waals surface area contributed by atoms with E-state index in [2.05, 4.69) is 43.2 Å².